The number of ketones is 2. The summed E-state index contributed by atoms with van der Waals surface area (Å²) in [5.41, 5.74) is 3.23. The minimum absolute atomic E-state index is 0.237. The van der Waals surface area contributed by atoms with Gasteiger partial charge in [0.25, 0.3) is 0 Å². The van der Waals surface area contributed by atoms with Crippen molar-refractivity contribution >= 4 is 11.6 Å². The number of aliphatic hydroxyl groups excluding tert-OH is 2. The van der Waals surface area contributed by atoms with Gasteiger partial charge in [0, 0.05) is 26.1 Å². The highest BCUT2D eigenvalue weighted by Crippen LogP contribution is 2.39. The molecule has 4 nitrogen and oxygen atoms in total. The first-order valence-electron chi connectivity index (χ1n) is 17.8. The summed E-state index contributed by atoms with van der Waals surface area (Å²) in [7, 11) is 0. The van der Waals surface area contributed by atoms with Gasteiger partial charge in [0.1, 0.15) is 0 Å². The second-order valence-corrected chi connectivity index (χ2v) is 14.4. The minimum Gasteiger partial charge on any atom is -0.396 e. The van der Waals surface area contributed by atoms with Gasteiger partial charge in [0.2, 0.25) is 0 Å². The molecule has 2 aliphatic rings. The van der Waals surface area contributed by atoms with E-state index < -0.39 is 0 Å². The third kappa shape index (κ3) is 18.4. The Hall–Kier alpha value is -1.26. The zero-order valence-corrected chi connectivity index (χ0v) is 28.3. The van der Waals surface area contributed by atoms with Crippen LogP contribution in [0.4, 0.5) is 0 Å². The monoisotopic (exact) mass is 589 g/mol. The fraction of sp³-hybridized carbons (Fsp3) is 0.842. The lowest BCUT2D eigenvalue weighted by Gasteiger charge is -2.31. The van der Waals surface area contributed by atoms with Crippen molar-refractivity contribution in [3.8, 4) is 0 Å². The molecule has 0 radical (unpaired) electrons. The molecular formula is C38H68O4. The normalized spacial score (nSPS) is 17.9. The first-order valence-corrected chi connectivity index (χ1v) is 17.8. The van der Waals surface area contributed by atoms with Crippen molar-refractivity contribution in [1.82, 2.24) is 0 Å². The fourth-order valence-electron chi connectivity index (χ4n) is 6.27. The molecule has 0 aromatic carbocycles. The van der Waals surface area contributed by atoms with E-state index in [2.05, 4.69) is 27.7 Å². The van der Waals surface area contributed by atoms with Crippen LogP contribution in [0.1, 0.15) is 182 Å². The molecular weight excluding hydrogens is 520 g/mol. The molecule has 0 aromatic heterocycles. The lowest BCUT2D eigenvalue weighted by molar-refractivity contribution is -0.116. The molecule has 0 amide bonds. The van der Waals surface area contributed by atoms with Gasteiger partial charge in [-0.15, -0.1) is 0 Å². The van der Waals surface area contributed by atoms with Crippen LogP contribution in [0.25, 0.3) is 0 Å². The van der Waals surface area contributed by atoms with Crippen molar-refractivity contribution in [2.75, 3.05) is 13.2 Å². The predicted octanol–water partition coefficient (Wildman–Crippen LogP) is 10.4. The third-order valence-corrected chi connectivity index (χ3v) is 9.61. The first kappa shape index (κ1) is 38.8. The van der Waals surface area contributed by atoms with Gasteiger partial charge in [0.05, 0.1) is 0 Å². The quantitative estimate of drug-likeness (QED) is 0.123. The summed E-state index contributed by atoms with van der Waals surface area (Å²) >= 11 is 0. The number of hydrogen-bond donors (Lipinski definition) is 2. The van der Waals surface area contributed by atoms with Crippen molar-refractivity contribution in [1.29, 1.82) is 0 Å². The van der Waals surface area contributed by atoms with Crippen LogP contribution in [0.15, 0.2) is 23.3 Å². The Bertz CT molecular complexity index is 723. The lowest BCUT2D eigenvalue weighted by Crippen LogP contribution is -2.22. The van der Waals surface area contributed by atoms with Crippen molar-refractivity contribution in [3.05, 3.63) is 23.3 Å². The summed E-state index contributed by atoms with van der Waals surface area (Å²) in [5, 5.41) is 17.4. The Balaban J connectivity index is 0.000000420. The molecule has 0 aliphatic heterocycles. The van der Waals surface area contributed by atoms with Crippen LogP contribution in [0.3, 0.4) is 0 Å². The molecule has 0 saturated heterocycles. The molecule has 0 spiro atoms. The molecule has 2 aliphatic carbocycles. The molecule has 0 heterocycles. The van der Waals surface area contributed by atoms with Crippen LogP contribution >= 0.6 is 0 Å². The van der Waals surface area contributed by atoms with E-state index in [9.17, 15) is 9.59 Å². The largest absolute Gasteiger partial charge is 0.396 e. The average molecular weight is 589 g/mol. The van der Waals surface area contributed by atoms with Gasteiger partial charge >= 0.3 is 0 Å². The van der Waals surface area contributed by atoms with Gasteiger partial charge in [-0.1, -0.05) is 129 Å². The van der Waals surface area contributed by atoms with E-state index in [1.54, 1.807) is 0 Å². The molecule has 0 saturated carbocycles. The molecule has 244 valence electrons. The fourth-order valence-corrected chi connectivity index (χ4v) is 6.27. The second kappa shape index (κ2) is 23.2. The molecule has 42 heavy (non-hydrogen) atoms. The number of aliphatic hydroxyl groups is 2. The van der Waals surface area contributed by atoms with Crippen LogP contribution in [0, 0.1) is 10.8 Å². The standard InChI is InChI=1S/2C19H34O2/c2*1-19(2)14-13-18(21)16-17(19)12-10-8-6-4-3-5-7-9-11-15-20/h2*16,20H,3-15H2,1-2H3. The van der Waals surface area contributed by atoms with E-state index in [-0.39, 0.29) is 10.8 Å². The van der Waals surface area contributed by atoms with E-state index >= 15 is 0 Å². The third-order valence-electron chi connectivity index (χ3n) is 9.61. The van der Waals surface area contributed by atoms with Gasteiger partial charge in [0.15, 0.2) is 11.6 Å². The highest BCUT2D eigenvalue weighted by molar-refractivity contribution is 5.92. The van der Waals surface area contributed by atoms with Gasteiger partial charge < -0.3 is 10.2 Å². The maximum Gasteiger partial charge on any atom is 0.155 e. The molecule has 2 rings (SSSR count). The van der Waals surface area contributed by atoms with Crippen LogP contribution in [0.2, 0.25) is 0 Å². The van der Waals surface area contributed by atoms with Crippen LogP contribution < -0.4 is 0 Å². The van der Waals surface area contributed by atoms with E-state index in [1.165, 1.54) is 114 Å². The Morgan fingerprint density at radius 3 is 1.02 bits per heavy atom. The summed E-state index contributed by atoms with van der Waals surface area (Å²) in [4.78, 5) is 23.1. The summed E-state index contributed by atoms with van der Waals surface area (Å²) in [5.74, 6) is 0.652. The Morgan fingerprint density at radius 2 is 0.738 bits per heavy atom. The summed E-state index contributed by atoms with van der Waals surface area (Å²) in [6.07, 6.45) is 32.0. The zero-order valence-electron chi connectivity index (χ0n) is 28.3. The van der Waals surface area contributed by atoms with Gasteiger partial charge in [-0.05, 0) is 74.3 Å². The van der Waals surface area contributed by atoms with E-state index in [0.29, 0.717) is 24.8 Å². The molecule has 0 fully saturated rings. The highest BCUT2D eigenvalue weighted by Gasteiger charge is 2.28. The SMILES string of the molecule is CC1(C)CCC(=O)C=C1CCCCCCCCCCCO.CC1(C)CCC(=O)C=C1CCCCCCCCCCCO. The summed E-state index contributed by atoms with van der Waals surface area (Å²) in [6.45, 7) is 9.79. The van der Waals surface area contributed by atoms with Gasteiger partial charge in [-0.3, -0.25) is 9.59 Å². The zero-order chi connectivity index (χ0) is 31.1. The number of unbranched alkanes of at least 4 members (excludes halogenated alkanes) is 16. The lowest BCUT2D eigenvalue weighted by atomic mass is 9.73. The molecule has 0 bridgehead atoms. The number of hydrogen-bond acceptors (Lipinski definition) is 4. The second-order valence-electron chi connectivity index (χ2n) is 14.4. The van der Waals surface area contributed by atoms with Crippen molar-refractivity contribution in [2.45, 2.75) is 182 Å². The van der Waals surface area contributed by atoms with Crippen molar-refractivity contribution in [3.63, 3.8) is 0 Å². The first-order chi connectivity index (χ1) is 20.1. The maximum absolute atomic E-state index is 11.6. The number of allylic oxidation sites excluding steroid dienone is 4. The predicted molar refractivity (Wildman–Crippen MR) is 179 cm³/mol. The molecule has 4 heteroatoms. The number of carbonyl (C=O) groups excluding carboxylic acids is 2. The minimum atomic E-state index is 0.237. The Labute approximate surface area is 260 Å². The van der Waals surface area contributed by atoms with Gasteiger partial charge in [-0.25, -0.2) is 0 Å². The van der Waals surface area contributed by atoms with Crippen LogP contribution in [0.5, 0.6) is 0 Å². The van der Waals surface area contributed by atoms with Crippen LogP contribution in [-0.2, 0) is 9.59 Å². The Kier molecular flexibility index (Phi) is 21.4. The molecule has 0 aromatic rings. The van der Waals surface area contributed by atoms with E-state index in [1.807, 2.05) is 12.2 Å². The maximum atomic E-state index is 11.6. The van der Waals surface area contributed by atoms with Crippen LogP contribution in [-0.4, -0.2) is 35.0 Å². The smallest absolute Gasteiger partial charge is 0.155 e. The molecule has 0 atom stereocenters. The Morgan fingerprint density at radius 1 is 0.476 bits per heavy atom. The topological polar surface area (TPSA) is 74.6 Å². The summed E-state index contributed by atoms with van der Waals surface area (Å²) in [6, 6.07) is 0. The van der Waals surface area contributed by atoms with Crippen molar-refractivity contribution in [2.24, 2.45) is 10.8 Å². The number of rotatable bonds is 22. The van der Waals surface area contributed by atoms with Gasteiger partial charge in [-0.2, -0.15) is 0 Å². The van der Waals surface area contributed by atoms with E-state index in [4.69, 9.17) is 10.2 Å². The van der Waals surface area contributed by atoms with E-state index in [0.717, 1.165) is 51.4 Å². The molecule has 2 N–H and O–H groups in total. The highest BCUT2D eigenvalue weighted by atomic mass is 16.3. The number of carbonyl (C=O) groups is 2. The average Bonchev–Trinajstić information content (AvgIpc) is 2.95. The molecule has 0 unspecified atom stereocenters. The van der Waals surface area contributed by atoms with Crippen molar-refractivity contribution < 1.29 is 19.8 Å². The summed E-state index contributed by atoms with van der Waals surface area (Å²) < 4.78 is 0.